The standard InChI is InChI=1S/C12H15ClN2S/c1-3-5-11(13)9(2)16-12-10(8-14)6-4-7-15-12/h3-7H,8,14H2,1-2H3/b5-3-,11-9-. The van der Waals surface area contributed by atoms with E-state index in [-0.39, 0.29) is 0 Å². The van der Waals surface area contributed by atoms with Gasteiger partial charge in [0.25, 0.3) is 0 Å². The highest BCUT2D eigenvalue weighted by molar-refractivity contribution is 8.03. The highest BCUT2D eigenvalue weighted by Crippen LogP contribution is 2.30. The zero-order valence-corrected chi connectivity index (χ0v) is 11.0. The van der Waals surface area contributed by atoms with Gasteiger partial charge in [0, 0.05) is 22.7 Å². The lowest BCUT2D eigenvalue weighted by molar-refractivity contribution is 0.965. The van der Waals surface area contributed by atoms with Gasteiger partial charge in [-0.05, 0) is 31.6 Å². The lowest BCUT2D eigenvalue weighted by atomic mass is 10.3. The first-order valence-corrected chi connectivity index (χ1v) is 6.19. The van der Waals surface area contributed by atoms with Crippen molar-refractivity contribution >= 4 is 23.4 Å². The number of allylic oxidation sites excluding steroid dienone is 4. The number of nitrogens with two attached hydrogens (primary N) is 1. The molecule has 16 heavy (non-hydrogen) atoms. The van der Waals surface area contributed by atoms with Crippen molar-refractivity contribution in [2.45, 2.75) is 25.4 Å². The maximum Gasteiger partial charge on any atom is 0.105 e. The third-order valence-electron chi connectivity index (χ3n) is 1.97. The van der Waals surface area contributed by atoms with Crippen LogP contribution in [0, 0.1) is 0 Å². The van der Waals surface area contributed by atoms with Crippen LogP contribution in [0.15, 0.2) is 45.4 Å². The van der Waals surface area contributed by atoms with E-state index in [0.717, 1.165) is 20.5 Å². The molecule has 0 saturated carbocycles. The number of hydrogen-bond acceptors (Lipinski definition) is 3. The van der Waals surface area contributed by atoms with E-state index in [9.17, 15) is 0 Å². The molecule has 0 fully saturated rings. The van der Waals surface area contributed by atoms with Gasteiger partial charge < -0.3 is 5.73 Å². The Labute approximate surface area is 106 Å². The van der Waals surface area contributed by atoms with Gasteiger partial charge in [-0.1, -0.05) is 35.5 Å². The SMILES string of the molecule is C/C=C\C(Cl)=C(/C)Sc1ncccc1CN. The lowest BCUT2D eigenvalue weighted by Crippen LogP contribution is -1.99. The highest BCUT2D eigenvalue weighted by atomic mass is 35.5. The van der Waals surface area contributed by atoms with Crippen LogP contribution in [-0.4, -0.2) is 4.98 Å². The van der Waals surface area contributed by atoms with Crippen molar-refractivity contribution in [2.75, 3.05) is 0 Å². The van der Waals surface area contributed by atoms with Gasteiger partial charge in [0.1, 0.15) is 5.03 Å². The van der Waals surface area contributed by atoms with Crippen molar-refractivity contribution in [1.29, 1.82) is 0 Å². The highest BCUT2D eigenvalue weighted by Gasteiger charge is 2.05. The van der Waals surface area contributed by atoms with Crippen molar-refractivity contribution in [2.24, 2.45) is 5.73 Å². The molecule has 0 aromatic carbocycles. The maximum absolute atomic E-state index is 6.09. The molecule has 1 rings (SSSR count). The minimum Gasteiger partial charge on any atom is -0.326 e. The number of aromatic nitrogens is 1. The fourth-order valence-corrected chi connectivity index (χ4v) is 2.22. The molecule has 0 atom stereocenters. The fourth-order valence-electron chi connectivity index (χ4n) is 1.13. The smallest absolute Gasteiger partial charge is 0.105 e. The summed E-state index contributed by atoms with van der Waals surface area (Å²) >= 11 is 7.64. The number of pyridine rings is 1. The fraction of sp³-hybridized carbons (Fsp3) is 0.250. The number of thioether (sulfide) groups is 1. The zero-order valence-electron chi connectivity index (χ0n) is 9.40. The quantitative estimate of drug-likeness (QED) is 0.658. The van der Waals surface area contributed by atoms with E-state index >= 15 is 0 Å². The summed E-state index contributed by atoms with van der Waals surface area (Å²) in [5, 5.41) is 1.66. The molecule has 2 N–H and O–H groups in total. The molecule has 0 spiro atoms. The van der Waals surface area contributed by atoms with E-state index in [1.807, 2.05) is 38.1 Å². The number of rotatable bonds is 4. The minimum atomic E-state index is 0.491. The molecule has 86 valence electrons. The van der Waals surface area contributed by atoms with Gasteiger partial charge in [-0.25, -0.2) is 4.98 Å². The molecule has 0 bridgehead atoms. The summed E-state index contributed by atoms with van der Waals surface area (Å²) in [5.41, 5.74) is 6.68. The van der Waals surface area contributed by atoms with E-state index in [1.54, 1.807) is 18.0 Å². The van der Waals surface area contributed by atoms with Gasteiger partial charge >= 0.3 is 0 Å². The largest absolute Gasteiger partial charge is 0.326 e. The second-order valence-corrected chi connectivity index (χ2v) is 4.79. The van der Waals surface area contributed by atoms with Gasteiger partial charge in [-0.3, -0.25) is 0 Å². The third kappa shape index (κ3) is 3.67. The van der Waals surface area contributed by atoms with Gasteiger partial charge in [-0.15, -0.1) is 0 Å². The zero-order chi connectivity index (χ0) is 12.0. The topological polar surface area (TPSA) is 38.9 Å². The Hall–Kier alpha value is -0.770. The van der Waals surface area contributed by atoms with Crippen LogP contribution >= 0.6 is 23.4 Å². The molecule has 1 aromatic rings. The molecule has 0 radical (unpaired) electrons. The van der Waals surface area contributed by atoms with E-state index in [0.29, 0.717) is 6.54 Å². The summed E-state index contributed by atoms with van der Waals surface area (Å²) < 4.78 is 0. The summed E-state index contributed by atoms with van der Waals surface area (Å²) in [6, 6.07) is 3.87. The van der Waals surface area contributed by atoms with Crippen molar-refractivity contribution in [1.82, 2.24) is 4.98 Å². The average Bonchev–Trinajstić information content (AvgIpc) is 2.30. The third-order valence-corrected chi connectivity index (χ3v) is 3.58. The lowest BCUT2D eigenvalue weighted by Gasteiger charge is -2.06. The van der Waals surface area contributed by atoms with Crippen LogP contribution in [0.5, 0.6) is 0 Å². The summed E-state index contributed by atoms with van der Waals surface area (Å²) in [5.74, 6) is 0. The Kier molecular flexibility index (Phi) is 5.60. The molecule has 1 aromatic heterocycles. The Morgan fingerprint density at radius 2 is 2.38 bits per heavy atom. The van der Waals surface area contributed by atoms with E-state index in [2.05, 4.69) is 4.98 Å². The number of halogens is 1. The minimum absolute atomic E-state index is 0.491. The predicted molar refractivity (Wildman–Crippen MR) is 71.4 cm³/mol. The average molecular weight is 255 g/mol. The molecule has 0 aliphatic carbocycles. The molecule has 0 unspecified atom stereocenters. The van der Waals surface area contributed by atoms with Crippen LogP contribution in [-0.2, 0) is 6.54 Å². The first kappa shape index (κ1) is 13.3. The van der Waals surface area contributed by atoms with Crippen molar-refractivity contribution in [3.05, 3.63) is 46.0 Å². The van der Waals surface area contributed by atoms with Crippen molar-refractivity contribution in [3.8, 4) is 0 Å². The van der Waals surface area contributed by atoms with Gasteiger partial charge in [0.05, 0.1) is 0 Å². The monoisotopic (exact) mass is 254 g/mol. The summed E-state index contributed by atoms with van der Waals surface area (Å²) in [7, 11) is 0. The molecule has 0 aliphatic rings. The van der Waals surface area contributed by atoms with Crippen LogP contribution in [0.2, 0.25) is 0 Å². The van der Waals surface area contributed by atoms with E-state index in [1.165, 1.54) is 0 Å². The van der Waals surface area contributed by atoms with E-state index in [4.69, 9.17) is 17.3 Å². The summed E-state index contributed by atoms with van der Waals surface area (Å²) in [4.78, 5) is 5.32. The Morgan fingerprint density at radius 1 is 1.62 bits per heavy atom. The summed E-state index contributed by atoms with van der Waals surface area (Å²) in [6.45, 7) is 4.40. The van der Waals surface area contributed by atoms with Crippen LogP contribution in [0.1, 0.15) is 19.4 Å². The Morgan fingerprint density at radius 3 is 3.00 bits per heavy atom. The second kappa shape index (κ2) is 6.74. The molecule has 0 aliphatic heterocycles. The molecule has 4 heteroatoms. The van der Waals surface area contributed by atoms with Crippen molar-refractivity contribution < 1.29 is 0 Å². The summed E-state index contributed by atoms with van der Waals surface area (Å²) in [6.07, 6.45) is 5.54. The first-order valence-electron chi connectivity index (χ1n) is 5.00. The maximum atomic E-state index is 6.09. The van der Waals surface area contributed by atoms with Crippen molar-refractivity contribution in [3.63, 3.8) is 0 Å². The predicted octanol–water partition coefficient (Wildman–Crippen LogP) is 3.68. The van der Waals surface area contributed by atoms with Crippen LogP contribution in [0.4, 0.5) is 0 Å². The first-order chi connectivity index (χ1) is 7.69. The Bertz CT molecular complexity index is 413. The van der Waals surface area contributed by atoms with Crippen LogP contribution in [0.25, 0.3) is 0 Å². The van der Waals surface area contributed by atoms with Crippen LogP contribution in [0.3, 0.4) is 0 Å². The molecule has 0 amide bonds. The van der Waals surface area contributed by atoms with Gasteiger partial charge in [0.15, 0.2) is 0 Å². The molecule has 2 nitrogen and oxygen atoms in total. The van der Waals surface area contributed by atoms with E-state index < -0.39 is 0 Å². The number of hydrogen-bond donors (Lipinski definition) is 1. The van der Waals surface area contributed by atoms with Crippen LogP contribution < -0.4 is 5.73 Å². The molecule has 0 saturated heterocycles. The second-order valence-electron chi connectivity index (χ2n) is 3.18. The number of nitrogens with zero attached hydrogens (tertiary/aromatic N) is 1. The molecule has 1 heterocycles. The molecular formula is C12H15ClN2S. The van der Waals surface area contributed by atoms with Gasteiger partial charge in [-0.2, -0.15) is 0 Å². The Balaban J connectivity index is 2.92. The van der Waals surface area contributed by atoms with Gasteiger partial charge in [0.2, 0.25) is 0 Å². The molecular weight excluding hydrogens is 240 g/mol. The normalized spacial score (nSPS) is 13.0.